The summed E-state index contributed by atoms with van der Waals surface area (Å²) in [6.45, 7) is 3.54. The minimum atomic E-state index is -1.17. The number of hydrogen-bond acceptors (Lipinski definition) is 5. The Bertz CT molecular complexity index is 657. The molecule has 0 fully saturated rings. The first kappa shape index (κ1) is 12.0. The molecule has 2 aromatic heterocycles. The molecule has 0 aliphatic heterocycles. The summed E-state index contributed by atoms with van der Waals surface area (Å²) in [7, 11) is 0. The van der Waals surface area contributed by atoms with Crippen LogP contribution in [0.1, 0.15) is 27.8 Å². The van der Waals surface area contributed by atoms with E-state index in [0.717, 1.165) is 0 Å². The van der Waals surface area contributed by atoms with Crippen LogP contribution < -0.4 is 5.56 Å². The highest BCUT2D eigenvalue weighted by molar-refractivity contribution is 5.85. The minimum Gasteiger partial charge on any atom is -0.476 e. The number of rotatable bonds is 3. The molecule has 0 saturated heterocycles. The fraction of sp³-hybridized carbons (Fsp3) is 0.273. The SMILES string of the molecule is Cc1cc(=O)n(Cc2cc(C(=O)O)no2)c(C)n1. The number of carboxylic acids is 1. The lowest BCUT2D eigenvalue weighted by Gasteiger charge is -2.06. The maximum absolute atomic E-state index is 11.8. The Morgan fingerprint density at radius 3 is 2.72 bits per heavy atom. The maximum atomic E-state index is 11.8. The molecular formula is C11H11N3O4. The third-order valence-corrected chi connectivity index (χ3v) is 2.42. The number of hydrogen-bond donors (Lipinski definition) is 1. The van der Waals surface area contributed by atoms with Gasteiger partial charge in [0, 0.05) is 17.8 Å². The van der Waals surface area contributed by atoms with E-state index >= 15 is 0 Å². The zero-order valence-corrected chi connectivity index (χ0v) is 9.88. The highest BCUT2D eigenvalue weighted by atomic mass is 16.5. The van der Waals surface area contributed by atoms with Crippen LogP contribution in [0.15, 0.2) is 21.5 Å². The normalized spacial score (nSPS) is 10.6. The molecule has 0 aliphatic rings. The minimum absolute atomic E-state index is 0.109. The fourth-order valence-corrected chi connectivity index (χ4v) is 1.60. The number of nitrogens with zero attached hydrogens (tertiary/aromatic N) is 3. The predicted octanol–water partition coefficient (Wildman–Crippen LogP) is 0.595. The zero-order valence-electron chi connectivity index (χ0n) is 9.88. The highest BCUT2D eigenvalue weighted by Gasteiger charge is 2.12. The molecule has 7 heteroatoms. The van der Waals surface area contributed by atoms with E-state index in [0.29, 0.717) is 17.3 Å². The van der Waals surface area contributed by atoms with Crippen molar-refractivity contribution in [3.63, 3.8) is 0 Å². The molecule has 0 radical (unpaired) electrons. The van der Waals surface area contributed by atoms with Crippen molar-refractivity contribution in [1.82, 2.24) is 14.7 Å². The van der Waals surface area contributed by atoms with Crippen LogP contribution in [0.2, 0.25) is 0 Å². The van der Waals surface area contributed by atoms with Crippen LogP contribution in [0.25, 0.3) is 0 Å². The summed E-state index contributed by atoms with van der Waals surface area (Å²) in [6, 6.07) is 2.69. The molecule has 0 bridgehead atoms. The Morgan fingerprint density at radius 2 is 2.17 bits per heavy atom. The van der Waals surface area contributed by atoms with Crippen LogP contribution >= 0.6 is 0 Å². The van der Waals surface area contributed by atoms with E-state index in [1.54, 1.807) is 13.8 Å². The Morgan fingerprint density at radius 1 is 1.44 bits per heavy atom. The molecule has 94 valence electrons. The van der Waals surface area contributed by atoms with Gasteiger partial charge in [-0.25, -0.2) is 9.78 Å². The van der Waals surface area contributed by atoms with Crippen LogP contribution in [0, 0.1) is 13.8 Å². The van der Waals surface area contributed by atoms with Crippen LogP contribution in [0.4, 0.5) is 0 Å². The van der Waals surface area contributed by atoms with Crippen molar-refractivity contribution in [1.29, 1.82) is 0 Å². The van der Waals surface area contributed by atoms with Crippen molar-refractivity contribution in [2.75, 3.05) is 0 Å². The van der Waals surface area contributed by atoms with E-state index in [2.05, 4.69) is 10.1 Å². The first-order valence-electron chi connectivity index (χ1n) is 5.21. The summed E-state index contributed by atoms with van der Waals surface area (Å²) in [6.07, 6.45) is 0. The van der Waals surface area contributed by atoms with E-state index < -0.39 is 5.97 Å². The number of carboxylic acid groups (broad SMARTS) is 1. The van der Waals surface area contributed by atoms with Crippen molar-refractivity contribution in [2.45, 2.75) is 20.4 Å². The highest BCUT2D eigenvalue weighted by Crippen LogP contribution is 2.06. The third kappa shape index (κ3) is 2.29. The van der Waals surface area contributed by atoms with E-state index in [-0.39, 0.29) is 17.8 Å². The quantitative estimate of drug-likeness (QED) is 0.855. The monoisotopic (exact) mass is 249 g/mol. The van der Waals surface area contributed by atoms with Gasteiger partial charge in [-0.15, -0.1) is 0 Å². The lowest BCUT2D eigenvalue weighted by Crippen LogP contribution is -2.23. The number of carbonyl (C=O) groups is 1. The third-order valence-electron chi connectivity index (χ3n) is 2.42. The van der Waals surface area contributed by atoms with Gasteiger partial charge in [-0.2, -0.15) is 0 Å². The van der Waals surface area contributed by atoms with Gasteiger partial charge in [0.15, 0.2) is 11.5 Å². The molecule has 0 atom stereocenters. The Balaban J connectivity index is 2.34. The van der Waals surface area contributed by atoms with Crippen molar-refractivity contribution >= 4 is 5.97 Å². The lowest BCUT2D eigenvalue weighted by atomic mass is 10.3. The van der Waals surface area contributed by atoms with Gasteiger partial charge >= 0.3 is 5.97 Å². The summed E-state index contributed by atoms with van der Waals surface area (Å²) in [5.41, 5.74) is 0.238. The van der Waals surface area contributed by atoms with E-state index in [9.17, 15) is 9.59 Å². The lowest BCUT2D eigenvalue weighted by molar-refractivity contribution is 0.0685. The van der Waals surface area contributed by atoms with Gasteiger partial charge in [-0.05, 0) is 13.8 Å². The molecule has 2 aromatic rings. The first-order chi connectivity index (χ1) is 8.47. The number of aryl methyl sites for hydroxylation is 2. The van der Waals surface area contributed by atoms with Crippen LogP contribution in [0.5, 0.6) is 0 Å². The Labute approximate surface area is 102 Å². The summed E-state index contributed by atoms with van der Waals surface area (Å²) in [5, 5.41) is 12.1. The molecule has 0 amide bonds. The molecule has 2 heterocycles. The average Bonchev–Trinajstić information content (AvgIpc) is 2.71. The average molecular weight is 249 g/mol. The van der Waals surface area contributed by atoms with Crippen LogP contribution in [-0.4, -0.2) is 25.8 Å². The summed E-state index contributed by atoms with van der Waals surface area (Å²) < 4.78 is 6.24. The van der Waals surface area contributed by atoms with Gasteiger partial charge in [-0.3, -0.25) is 9.36 Å². The van der Waals surface area contributed by atoms with Gasteiger partial charge in [-0.1, -0.05) is 5.16 Å². The predicted molar refractivity (Wildman–Crippen MR) is 60.5 cm³/mol. The second-order valence-corrected chi connectivity index (χ2v) is 3.85. The van der Waals surface area contributed by atoms with Crippen molar-refractivity contribution in [3.05, 3.63) is 45.5 Å². The maximum Gasteiger partial charge on any atom is 0.358 e. The smallest absolute Gasteiger partial charge is 0.358 e. The van der Waals surface area contributed by atoms with Crippen LogP contribution in [0.3, 0.4) is 0 Å². The topological polar surface area (TPSA) is 98.2 Å². The first-order valence-corrected chi connectivity index (χ1v) is 5.21. The Kier molecular flexibility index (Phi) is 2.97. The van der Waals surface area contributed by atoms with Gasteiger partial charge in [0.25, 0.3) is 5.56 Å². The molecule has 0 aromatic carbocycles. The van der Waals surface area contributed by atoms with Gasteiger partial charge in [0.1, 0.15) is 5.82 Å². The van der Waals surface area contributed by atoms with Gasteiger partial charge < -0.3 is 9.63 Å². The molecule has 18 heavy (non-hydrogen) atoms. The summed E-state index contributed by atoms with van der Waals surface area (Å²) in [5.74, 6) is -0.340. The molecular weight excluding hydrogens is 238 g/mol. The van der Waals surface area contributed by atoms with Crippen molar-refractivity contribution in [3.8, 4) is 0 Å². The molecule has 0 spiro atoms. The van der Waals surface area contributed by atoms with Crippen LogP contribution in [-0.2, 0) is 6.54 Å². The van der Waals surface area contributed by atoms with Crippen molar-refractivity contribution < 1.29 is 14.4 Å². The summed E-state index contributed by atoms with van der Waals surface area (Å²) in [4.78, 5) is 26.5. The second-order valence-electron chi connectivity index (χ2n) is 3.85. The van der Waals surface area contributed by atoms with Crippen molar-refractivity contribution in [2.24, 2.45) is 0 Å². The Hall–Kier alpha value is -2.44. The molecule has 0 aliphatic carbocycles. The zero-order chi connectivity index (χ0) is 13.3. The number of aromatic carboxylic acids is 1. The molecule has 0 unspecified atom stereocenters. The van der Waals surface area contributed by atoms with Gasteiger partial charge in [0.2, 0.25) is 0 Å². The number of aromatic nitrogens is 3. The molecule has 2 rings (SSSR count). The second kappa shape index (κ2) is 4.44. The molecule has 1 N–H and O–H groups in total. The molecule has 7 nitrogen and oxygen atoms in total. The molecule has 0 saturated carbocycles. The van der Waals surface area contributed by atoms with Gasteiger partial charge in [0.05, 0.1) is 6.54 Å². The standard InChI is InChI=1S/C11H11N3O4/c1-6-3-10(15)14(7(2)12-6)5-8-4-9(11(16)17)13-18-8/h3-4H,5H2,1-2H3,(H,16,17). The van der Waals surface area contributed by atoms with E-state index in [4.69, 9.17) is 9.63 Å². The van der Waals surface area contributed by atoms with E-state index in [1.807, 2.05) is 0 Å². The largest absolute Gasteiger partial charge is 0.476 e. The summed E-state index contributed by atoms with van der Waals surface area (Å²) >= 11 is 0. The fourth-order valence-electron chi connectivity index (χ4n) is 1.60. The van der Waals surface area contributed by atoms with E-state index in [1.165, 1.54) is 16.7 Å².